The van der Waals surface area contributed by atoms with Gasteiger partial charge in [0, 0.05) is 12.5 Å². The summed E-state index contributed by atoms with van der Waals surface area (Å²) in [4.78, 5) is 0. The van der Waals surface area contributed by atoms with Gasteiger partial charge in [0.1, 0.15) is 11.2 Å². The normalized spacial score (nSPS) is 11.2. The summed E-state index contributed by atoms with van der Waals surface area (Å²) in [5.74, 6) is 0. The molecule has 0 atom stereocenters. The number of halogens is 1. The molecular formula is C15H21INS+. The van der Waals surface area contributed by atoms with E-state index in [-0.39, 0.29) is 0 Å². The fourth-order valence-corrected chi connectivity index (χ4v) is 3.69. The van der Waals surface area contributed by atoms with E-state index in [1.165, 1.54) is 59.7 Å². The van der Waals surface area contributed by atoms with Crippen molar-refractivity contribution in [2.45, 2.75) is 45.1 Å². The number of para-hydroxylation sites is 1. The number of thiazole rings is 1. The van der Waals surface area contributed by atoms with Gasteiger partial charge in [-0.2, -0.15) is 4.57 Å². The molecule has 2 aromatic rings. The van der Waals surface area contributed by atoms with Crippen molar-refractivity contribution in [3.8, 4) is 0 Å². The first-order valence-electron chi connectivity index (χ1n) is 6.83. The largest absolute Gasteiger partial charge is 0.225 e. The van der Waals surface area contributed by atoms with Crippen LogP contribution in [0.5, 0.6) is 0 Å². The second kappa shape index (κ2) is 8.10. The molecule has 2 rings (SSSR count). The van der Waals surface area contributed by atoms with Gasteiger partial charge in [0.15, 0.2) is 0 Å². The van der Waals surface area contributed by atoms with E-state index >= 15 is 0 Å². The Hall–Kier alpha value is -0.160. The summed E-state index contributed by atoms with van der Waals surface area (Å²) in [5.41, 5.74) is 3.66. The lowest BCUT2D eigenvalue weighted by molar-refractivity contribution is -0.667. The van der Waals surface area contributed by atoms with Gasteiger partial charge in [-0.15, -0.1) is 0 Å². The third kappa shape index (κ3) is 4.19. The Bertz CT molecular complexity index is 466. The summed E-state index contributed by atoms with van der Waals surface area (Å²) < 4.78 is 5.12. The molecule has 1 heterocycles. The highest BCUT2D eigenvalue weighted by molar-refractivity contribution is 14.1. The molecule has 0 aliphatic carbocycles. The molecule has 0 saturated carbocycles. The zero-order valence-corrected chi connectivity index (χ0v) is 13.8. The van der Waals surface area contributed by atoms with Gasteiger partial charge in [-0.1, -0.05) is 65.3 Å². The lowest BCUT2D eigenvalue weighted by atomic mass is 10.1. The Morgan fingerprint density at radius 1 is 0.944 bits per heavy atom. The number of hydrogen-bond acceptors (Lipinski definition) is 1. The number of alkyl halides is 1. The first-order chi connectivity index (χ1) is 8.92. The van der Waals surface area contributed by atoms with Crippen LogP contribution in [0.25, 0.3) is 10.2 Å². The highest BCUT2D eigenvalue weighted by atomic mass is 127. The molecule has 0 aliphatic heterocycles. The third-order valence-electron chi connectivity index (χ3n) is 3.26. The minimum atomic E-state index is 1.18. The van der Waals surface area contributed by atoms with Crippen LogP contribution in [0.1, 0.15) is 38.5 Å². The van der Waals surface area contributed by atoms with E-state index in [4.69, 9.17) is 0 Å². The number of unbranched alkanes of at least 4 members (excludes halogenated alkanes) is 5. The van der Waals surface area contributed by atoms with Gasteiger partial charge in [0.05, 0.1) is 0 Å². The van der Waals surface area contributed by atoms with E-state index in [0.29, 0.717) is 0 Å². The molecule has 1 nitrogen and oxygen atoms in total. The van der Waals surface area contributed by atoms with Crippen LogP contribution in [-0.4, -0.2) is 4.43 Å². The summed E-state index contributed by atoms with van der Waals surface area (Å²) in [6, 6.07) is 8.69. The van der Waals surface area contributed by atoms with Crippen molar-refractivity contribution in [3.63, 3.8) is 0 Å². The molecule has 0 amide bonds. The highest BCUT2D eigenvalue weighted by Crippen LogP contribution is 2.15. The van der Waals surface area contributed by atoms with Gasteiger partial charge < -0.3 is 0 Å². The number of aryl methyl sites for hydroxylation is 1. The summed E-state index contributed by atoms with van der Waals surface area (Å²) in [6.07, 6.45) is 8.31. The molecule has 0 N–H and O–H groups in total. The molecular weight excluding hydrogens is 353 g/mol. The van der Waals surface area contributed by atoms with Gasteiger partial charge in [-0.25, -0.2) is 0 Å². The molecule has 0 radical (unpaired) electrons. The van der Waals surface area contributed by atoms with Gasteiger partial charge in [-0.05, 0) is 23.3 Å². The molecule has 1 aromatic carbocycles. The first kappa shape index (κ1) is 14.3. The van der Waals surface area contributed by atoms with E-state index in [1.807, 2.05) is 11.3 Å². The summed E-state index contributed by atoms with van der Waals surface area (Å²) in [7, 11) is 0. The average molecular weight is 374 g/mol. The maximum absolute atomic E-state index is 2.47. The Balaban J connectivity index is 1.70. The molecule has 18 heavy (non-hydrogen) atoms. The number of rotatable bonds is 8. The van der Waals surface area contributed by atoms with Crippen molar-refractivity contribution < 1.29 is 4.57 Å². The minimum Gasteiger partial charge on any atom is -0.188 e. The van der Waals surface area contributed by atoms with Gasteiger partial charge in [0.25, 0.3) is 0 Å². The number of aromatic nitrogens is 1. The van der Waals surface area contributed by atoms with E-state index in [1.54, 1.807) is 0 Å². The van der Waals surface area contributed by atoms with E-state index in [9.17, 15) is 0 Å². The Labute approximate surface area is 127 Å². The maximum Gasteiger partial charge on any atom is 0.225 e. The van der Waals surface area contributed by atoms with Crippen molar-refractivity contribution in [3.05, 3.63) is 29.8 Å². The predicted molar refractivity (Wildman–Crippen MR) is 88.6 cm³/mol. The van der Waals surface area contributed by atoms with Crippen molar-refractivity contribution in [1.82, 2.24) is 0 Å². The van der Waals surface area contributed by atoms with Crippen molar-refractivity contribution >= 4 is 44.1 Å². The fraction of sp³-hybridized carbons (Fsp3) is 0.533. The molecule has 0 fully saturated rings. The van der Waals surface area contributed by atoms with Gasteiger partial charge in [-0.3, -0.25) is 0 Å². The number of hydrogen-bond donors (Lipinski definition) is 0. The molecule has 3 heteroatoms. The van der Waals surface area contributed by atoms with Gasteiger partial charge in [0.2, 0.25) is 11.0 Å². The number of benzene rings is 1. The summed E-state index contributed by atoms with van der Waals surface area (Å²) in [5, 5.41) is 0. The minimum absolute atomic E-state index is 1.18. The van der Waals surface area contributed by atoms with Crippen LogP contribution in [-0.2, 0) is 6.54 Å². The Kier molecular flexibility index (Phi) is 6.41. The van der Waals surface area contributed by atoms with Crippen molar-refractivity contribution in [2.24, 2.45) is 0 Å². The Morgan fingerprint density at radius 3 is 2.50 bits per heavy atom. The zero-order chi connectivity index (χ0) is 12.6. The lowest BCUT2D eigenvalue weighted by Crippen LogP contribution is -2.31. The van der Waals surface area contributed by atoms with Crippen LogP contribution in [0.3, 0.4) is 0 Å². The Morgan fingerprint density at radius 2 is 1.67 bits per heavy atom. The molecule has 0 spiro atoms. The first-order valence-corrected chi connectivity index (χ1v) is 9.24. The zero-order valence-electron chi connectivity index (χ0n) is 10.8. The number of fused-ring (bicyclic) bond motifs is 1. The molecule has 1 aromatic heterocycles. The predicted octanol–water partition coefficient (Wildman–Crippen LogP) is 4.96. The van der Waals surface area contributed by atoms with E-state index < -0.39 is 0 Å². The molecule has 0 saturated heterocycles. The van der Waals surface area contributed by atoms with Crippen molar-refractivity contribution in [2.75, 3.05) is 4.43 Å². The van der Waals surface area contributed by atoms with Crippen LogP contribution in [0.4, 0.5) is 0 Å². The monoisotopic (exact) mass is 374 g/mol. The number of nitrogens with zero attached hydrogens (tertiary/aromatic N) is 1. The fourth-order valence-electron chi connectivity index (χ4n) is 2.23. The molecule has 98 valence electrons. The van der Waals surface area contributed by atoms with Crippen LogP contribution in [0.2, 0.25) is 0 Å². The quantitative estimate of drug-likeness (QED) is 0.266. The molecule has 0 unspecified atom stereocenters. The average Bonchev–Trinajstić information content (AvgIpc) is 2.81. The second-order valence-electron chi connectivity index (χ2n) is 4.69. The summed E-state index contributed by atoms with van der Waals surface area (Å²) in [6.45, 7) is 1.18. The smallest absolute Gasteiger partial charge is 0.188 e. The van der Waals surface area contributed by atoms with Crippen LogP contribution < -0.4 is 4.57 Å². The maximum atomic E-state index is 2.47. The van der Waals surface area contributed by atoms with Crippen molar-refractivity contribution in [1.29, 1.82) is 0 Å². The molecule has 0 bridgehead atoms. The summed E-state index contributed by atoms with van der Waals surface area (Å²) >= 11 is 4.32. The second-order valence-corrected chi connectivity index (χ2v) is 6.66. The van der Waals surface area contributed by atoms with Crippen LogP contribution in [0, 0.1) is 0 Å². The van der Waals surface area contributed by atoms with E-state index in [0.717, 1.165) is 0 Å². The standard InChI is InChI=1S/C15H21INS/c16-11-7-3-1-2-4-8-12-17-13-18-15-10-6-5-9-14(15)17/h5-6,9-10,13H,1-4,7-8,11-12H2/q+1. The topological polar surface area (TPSA) is 3.88 Å². The van der Waals surface area contributed by atoms with Crippen LogP contribution in [0.15, 0.2) is 29.8 Å². The van der Waals surface area contributed by atoms with Gasteiger partial charge >= 0.3 is 0 Å². The lowest BCUT2D eigenvalue weighted by Gasteiger charge is -1.98. The van der Waals surface area contributed by atoms with Crippen LogP contribution >= 0.6 is 33.9 Å². The van der Waals surface area contributed by atoms with E-state index in [2.05, 4.69) is 56.9 Å². The third-order valence-corrected chi connectivity index (χ3v) is 4.99. The SMILES string of the molecule is ICCCCCCCC[n+]1csc2ccccc21. The molecule has 0 aliphatic rings. The highest BCUT2D eigenvalue weighted by Gasteiger charge is 2.09.